The Labute approximate surface area is 268 Å². The first-order chi connectivity index (χ1) is 22.4. The molecule has 0 spiro atoms. The van der Waals surface area contributed by atoms with E-state index < -0.39 is 18.4 Å². The molecule has 1 saturated heterocycles. The second-order valence-corrected chi connectivity index (χ2v) is 11.7. The molecule has 9 heteroatoms. The van der Waals surface area contributed by atoms with E-state index in [0.29, 0.717) is 25.9 Å². The van der Waals surface area contributed by atoms with Crippen molar-refractivity contribution in [1.82, 2.24) is 20.2 Å². The minimum atomic E-state index is -0.605. The van der Waals surface area contributed by atoms with Gasteiger partial charge in [0, 0.05) is 18.5 Å². The van der Waals surface area contributed by atoms with Gasteiger partial charge in [-0.05, 0) is 47.7 Å². The van der Waals surface area contributed by atoms with Crippen LogP contribution in [0.2, 0.25) is 0 Å². The zero-order chi connectivity index (χ0) is 31.9. The van der Waals surface area contributed by atoms with E-state index in [0.717, 1.165) is 38.9 Å². The van der Waals surface area contributed by atoms with E-state index in [4.69, 9.17) is 9.47 Å². The van der Waals surface area contributed by atoms with Gasteiger partial charge in [0.15, 0.2) is 12.1 Å². The number of benzene rings is 4. The highest BCUT2D eigenvalue weighted by atomic mass is 16.7. The summed E-state index contributed by atoms with van der Waals surface area (Å²) in [4.78, 5) is 29.4. The lowest BCUT2D eigenvalue weighted by atomic mass is 9.99. The van der Waals surface area contributed by atoms with Crippen molar-refractivity contribution in [2.45, 2.75) is 64.0 Å². The molecule has 6 rings (SSSR count). The lowest BCUT2D eigenvalue weighted by Gasteiger charge is -2.36. The Morgan fingerprint density at radius 2 is 1.57 bits per heavy atom. The Morgan fingerprint density at radius 3 is 2.30 bits per heavy atom. The zero-order valence-electron chi connectivity index (χ0n) is 25.7. The first-order valence-corrected chi connectivity index (χ1v) is 15.5. The number of amides is 2. The summed E-state index contributed by atoms with van der Waals surface area (Å²) in [6.45, 7) is 2.39. The normalized spacial score (nSPS) is 18.6. The number of urea groups is 1. The first kappa shape index (κ1) is 31.2. The number of ketones is 1. The third kappa shape index (κ3) is 7.69. The number of Topliss-reactive ketones (excluding diaryl/α,β-unsaturated/α-hetero) is 1. The second kappa shape index (κ2) is 14.5. The SMILES string of the molecule is CC(=O)C(Cc1ccccc1)NC(=O)NCc1ccc(C2OC(Cn3cnc4ccccc43)CC(c3ccc(CO)cc3)O2)cc1. The van der Waals surface area contributed by atoms with Crippen LogP contribution < -0.4 is 10.6 Å². The molecular formula is C37H38N4O5. The average molecular weight is 619 g/mol. The maximum Gasteiger partial charge on any atom is 0.315 e. The predicted octanol–water partition coefficient (Wildman–Crippen LogP) is 5.77. The molecule has 2 heterocycles. The lowest BCUT2D eigenvalue weighted by Crippen LogP contribution is -2.46. The number of carbonyl (C=O) groups is 2. The molecule has 4 atom stereocenters. The smallest absolute Gasteiger partial charge is 0.315 e. The molecule has 1 fully saturated rings. The van der Waals surface area contributed by atoms with Gasteiger partial charge < -0.3 is 29.8 Å². The molecule has 0 aliphatic carbocycles. The van der Waals surface area contributed by atoms with Crippen molar-refractivity contribution >= 4 is 22.8 Å². The predicted molar refractivity (Wildman–Crippen MR) is 175 cm³/mol. The van der Waals surface area contributed by atoms with Crippen LogP contribution >= 0.6 is 0 Å². The highest BCUT2D eigenvalue weighted by molar-refractivity contribution is 5.87. The summed E-state index contributed by atoms with van der Waals surface area (Å²) in [7, 11) is 0. The summed E-state index contributed by atoms with van der Waals surface area (Å²) in [5, 5.41) is 15.2. The van der Waals surface area contributed by atoms with E-state index in [1.807, 2.05) is 103 Å². The average Bonchev–Trinajstić information content (AvgIpc) is 3.50. The number of aliphatic hydroxyl groups excluding tert-OH is 1. The van der Waals surface area contributed by atoms with E-state index in [2.05, 4.69) is 26.3 Å². The highest BCUT2D eigenvalue weighted by Gasteiger charge is 2.32. The van der Waals surface area contributed by atoms with Crippen molar-refractivity contribution in [3.8, 4) is 0 Å². The number of fused-ring (bicyclic) bond motifs is 1. The Balaban J connectivity index is 1.12. The summed E-state index contributed by atoms with van der Waals surface area (Å²) in [5.74, 6) is -0.0991. The van der Waals surface area contributed by atoms with Crippen molar-refractivity contribution in [1.29, 1.82) is 0 Å². The van der Waals surface area contributed by atoms with Crippen molar-refractivity contribution in [2.24, 2.45) is 0 Å². The number of carbonyl (C=O) groups excluding carboxylic acids is 2. The Bertz CT molecular complexity index is 1750. The molecule has 0 saturated carbocycles. The van der Waals surface area contributed by atoms with Crippen LogP contribution in [-0.2, 0) is 40.4 Å². The number of aromatic nitrogens is 2. The van der Waals surface area contributed by atoms with Gasteiger partial charge in [0.05, 0.1) is 48.8 Å². The van der Waals surface area contributed by atoms with Crippen LogP contribution in [0.3, 0.4) is 0 Å². The standard InChI is InChI=1S/C37H38N4O5/c1-25(43)33(19-26-7-3-2-4-8-26)40-37(44)38-21-27-11-17-30(18-12-27)36-45-31(22-41-24-39-32-9-5-6-10-34(32)41)20-35(46-36)29-15-13-28(23-42)14-16-29/h2-18,24,31,33,35-36,42H,19-23H2,1H3,(H2,38,40,44). The minimum absolute atomic E-state index is 0.0122. The van der Waals surface area contributed by atoms with Gasteiger partial charge in [0.1, 0.15) is 0 Å². The molecule has 236 valence electrons. The molecular weight excluding hydrogens is 580 g/mol. The number of rotatable bonds is 11. The fourth-order valence-corrected chi connectivity index (χ4v) is 5.74. The van der Waals surface area contributed by atoms with Gasteiger partial charge >= 0.3 is 6.03 Å². The van der Waals surface area contributed by atoms with Crippen LogP contribution in [-0.4, -0.2) is 38.6 Å². The van der Waals surface area contributed by atoms with Crippen LogP contribution in [0.4, 0.5) is 4.79 Å². The van der Waals surface area contributed by atoms with E-state index >= 15 is 0 Å². The molecule has 4 aromatic carbocycles. The summed E-state index contributed by atoms with van der Waals surface area (Å²) in [5.41, 5.74) is 6.60. The molecule has 4 unspecified atom stereocenters. The summed E-state index contributed by atoms with van der Waals surface area (Å²) >= 11 is 0. The first-order valence-electron chi connectivity index (χ1n) is 15.5. The number of imidazole rings is 1. The summed E-state index contributed by atoms with van der Waals surface area (Å²) in [6.07, 6.45) is 1.99. The molecule has 1 aliphatic rings. The Morgan fingerprint density at radius 1 is 0.870 bits per heavy atom. The third-order valence-electron chi connectivity index (χ3n) is 8.33. The maximum atomic E-state index is 12.7. The largest absolute Gasteiger partial charge is 0.392 e. The summed E-state index contributed by atoms with van der Waals surface area (Å²) in [6, 6.07) is 32.3. The van der Waals surface area contributed by atoms with Gasteiger partial charge in [-0.3, -0.25) is 4.79 Å². The number of nitrogens with one attached hydrogen (secondary N) is 2. The number of aliphatic hydroxyl groups is 1. The summed E-state index contributed by atoms with van der Waals surface area (Å²) < 4.78 is 15.1. The molecule has 46 heavy (non-hydrogen) atoms. The number of hydrogen-bond donors (Lipinski definition) is 3. The third-order valence-corrected chi connectivity index (χ3v) is 8.33. The van der Waals surface area contributed by atoms with Crippen molar-refractivity contribution < 1.29 is 24.2 Å². The Hall–Kier alpha value is -4.83. The monoisotopic (exact) mass is 618 g/mol. The van der Waals surface area contributed by atoms with Crippen molar-refractivity contribution in [3.05, 3.63) is 137 Å². The number of nitrogens with zero attached hydrogens (tertiary/aromatic N) is 2. The molecule has 1 aliphatic heterocycles. The topological polar surface area (TPSA) is 115 Å². The zero-order valence-corrected chi connectivity index (χ0v) is 25.7. The number of hydrogen-bond acceptors (Lipinski definition) is 6. The maximum absolute atomic E-state index is 12.7. The number of ether oxygens (including phenoxy) is 2. The van der Waals surface area contributed by atoms with Crippen LogP contribution in [0.15, 0.2) is 109 Å². The van der Waals surface area contributed by atoms with Gasteiger partial charge in [0.2, 0.25) is 0 Å². The Kier molecular flexibility index (Phi) is 9.83. The lowest BCUT2D eigenvalue weighted by molar-refractivity contribution is -0.252. The molecule has 5 aromatic rings. The fraction of sp³-hybridized carbons (Fsp3) is 0.270. The molecule has 1 aromatic heterocycles. The van der Waals surface area contributed by atoms with E-state index in [-0.39, 0.29) is 24.6 Å². The minimum Gasteiger partial charge on any atom is -0.392 e. The van der Waals surface area contributed by atoms with E-state index in [1.54, 1.807) is 0 Å². The van der Waals surface area contributed by atoms with Crippen LogP contribution in [0.25, 0.3) is 11.0 Å². The van der Waals surface area contributed by atoms with Gasteiger partial charge in [-0.2, -0.15) is 0 Å². The molecule has 9 nitrogen and oxygen atoms in total. The van der Waals surface area contributed by atoms with Crippen molar-refractivity contribution in [3.63, 3.8) is 0 Å². The highest BCUT2D eigenvalue weighted by Crippen LogP contribution is 2.38. The van der Waals surface area contributed by atoms with Crippen LogP contribution in [0, 0.1) is 0 Å². The molecule has 0 radical (unpaired) electrons. The van der Waals surface area contributed by atoms with Gasteiger partial charge in [-0.1, -0.05) is 91.0 Å². The molecule has 3 N–H and O–H groups in total. The van der Waals surface area contributed by atoms with E-state index in [9.17, 15) is 14.7 Å². The molecule has 0 bridgehead atoms. The molecule has 2 amide bonds. The quantitative estimate of drug-likeness (QED) is 0.173. The number of para-hydroxylation sites is 2. The van der Waals surface area contributed by atoms with Crippen LogP contribution in [0.5, 0.6) is 0 Å². The van der Waals surface area contributed by atoms with Gasteiger partial charge in [-0.25, -0.2) is 9.78 Å². The van der Waals surface area contributed by atoms with Gasteiger partial charge in [0.25, 0.3) is 0 Å². The van der Waals surface area contributed by atoms with E-state index in [1.165, 1.54) is 6.92 Å². The fourth-order valence-electron chi connectivity index (χ4n) is 5.74. The van der Waals surface area contributed by atoms with Crippen molar-refractivity contribution in [2.75, 3.05) is 0 Å². The van der Waals surface area contributed by atoms with Gasteiger partial charge in [-0.15, -0.1) is 0 Å². The van der Waals surface area contributed by atoms with Crippen LogP contribution in [0.1, 0.15) is 53.6 Å². The second-order valence-electron chi connectivity index (χ2n) is 11.7.